The van der Waals surface area contributed by atoms with Gasteiger partial charge in [0.05, 0.1) is 17.4 Å². The summed E-state index contributed by atoms with van der Waals surface area (Å²) < 4.78 is 13.7. The summed E-state index contributed by atoms with van der Waals surface area (Å²) >= 11 is 0. The second-order valence-electron chi connectivity index (χ2n) is 11.4. The molecule has 3 N–H and O–H groups in total. The molecular weight excluding hydrogens is 520 g/mol. The number of fused-ring (bicyclic) bond motifs is 1. The molecule has 1 saturated heterocycles. The summed E-state index contributed by atoms with van der Waals surface area (Å²) in [6.07, 6.45) is 11.7. The average Bonchev–Trinajstić information content (AvgIpc) is 3.75. The number of pyridine rings is 1. The molecule has 216 valence electrons. The highest BCUT2D eigenvalue weighted by atomic mass is 16.5. The zero-order valence-electron chi connectivity index (χ0n) is 23.5. The van der Waals surface area contributed by atoms with Gasteiger partial charge in [-0.25, -0.2) is 9.97 Å². The maximum atomic E-state index is 13.1. The fourth-order valence-corrected chi connectivity index (χ4v) is 5.95. The van der Waals surface area contributed by atoms with Crippen LogP contribution < -0.4 is 10.9 Å². The van der Waals surface area contributed by atoms with Gasteiger partial charge in [0.25, 0.3) is 5.56 Å². The molecule has 2 fully saturated rings. The van der Waals surface area contributed by atoms with E-state index < -0.39 is 6.04 Å². The Kier molecular flexibility index (Phi) is 8.29. The molecule has 3 aromatic heterocycles. The van der Waals surface area contributed by atoms with Gasteiger partial charge in [-0.05, 0) is 75.1 Å². The number of benzene rings is 1. The van der Waals surface area contributed by atoms with Crippen molar-refractivity contribution in [2.24, 2.45) is 5.92 Å². The Morgan fingerprint density at radius 3 is 2.76 bits per heavy atom. The van der Waals surface area contributed by atoms with Gasteiger partial charge in [0.2, 0.25) is 0 Å². The molecule has 1 atom stereocenters. The number of H-pyrrole nitrogens is 2. The van der Waals surface area contributed by atoms with Crippen molar-refractivity contribution in [3.8, 4) is 11.4 Å². The minimum Gasteiger partial charge on any atom is -0.461 e. The van der Waals surface area contributed by atoms with Gasteiger partial charge in [0.1, 0.15) is 18.0 Å². The third-order valence-electron chi connectivity index (χ3n) is 8.34. The topological polar surface area (TPSA) is 127 Å². The number of hydrogen-bond donors (Lipinski definition) is 3. The number of hydrogen-bond acceptors (Lipinski definition) is 7. The third-order valence-corrected chi connectivity index (χ3v) is 8.34. The van der Waals surface area contributed by atoms with Crippen LogP contribution in [-0.2, 0) is 33.8 Å². The Balaban J connectivity index is 1.25. The normalized spacial score (nSPS) is 17.3. The number of nitrogens with one attached hydrogen (secondary N) is 3. The third kappa shape index (κ3) is 6.44. The molecule has 1 aliphatic carbocycles. The average molecular weight is 559 g/mol. The van der Waals surface area contributed by atoms with E-state index in [9.17, 15) is 9.59 Å². The number of rotatable bonds is 10. The Morgan fingerprint density at radius 2 is 2.00 bits per heavy atom. The van der Waals surface area contributed by atoms with Gasteiger partial charge < -0.3 is 24.0 Å². The van der Waals surface area contributed by atoms with Crippen molar-refractivity contribution in [2.75, 3.05) is 13.2 Å². The van der Waals surface area contributed by atoms with Gasteiger partial charge >= 0.3 is 5.97 Å². The van der Waals surface area contributed by atoms with Gasteiger partial charge in [0, 0.05) is 61.9 Å². The van der Waals surface area contributed by atoms with Crippen LogP contribution in [0.15, 0.2) is 47.8 Å². The molecule has 0 spiro atoms. The fourth-order valence-electron chi connectivity index (χ4n) is 5.95. The molecule has 4 heterocycles. The van der Waals surface area contributed by atoms with Gasteiger partial charge in [-0.15, -0.1) is 0 Å². The van der Waals surface area contributed by atoms with Crippen LogP contribution in [0.1, 0.15) is 55.3 Å². The van der Waals surface area contributed by atoms with E-state index >= 15 is 0 Å². The molecule has 1 saturated carbocycles. The summed E-state index contributed by atoms with van der Waals surface area (Å²) in [7, 11) is 0. The lowest BCUT2D eigenvalue weighted by Gasteiger charge is -2.23. The molecule has 41 heavy (non-hydrogen) atoms. The highest BCUT2D eigenvalue weighted by Crippen LogP contribution is 2.29. The largest absolute Gasteiger partial charge is 0.461 e. The smallest absolute Gasteiger partial charge is 0.323 e. The van der Waals surface area contributed by atoms with Gasteiger partial charge in [0.15, 0.2) is 0 Å². The quantitative estimate of drug-likeness (QED) is 0.251. The van der Waals surface area contributed by atoms with E-state index in [4.69, 9.17) is 14.5 Å². The Labute approximate surface area is 238 Å². The summed E-state index contributed by atoms with van der Waals surface area (Å²) in [6.45, 7) is 4.71. The number of aromatic amines is 2. The number of aromatic nitrogens is 5. The van der Waals surface area contributed by atoms with Crippen molar-refractivity contribution in [1.82, 2.24) is 29.8 Å². The van der Waals surface area contributed by atoms with Crippen LogP contribution in [0.4, 0.5) is 0 Å². The number of nitrogens with zero attached hydrogens (tertiary/aromatic N) is 3. The number of ether oxygens (including phenoxy) is 2. The lowest BCUT2D eigenvalue weighted by molar-refractivity contribution is -0.151. The highest BCUT2D eigenvalue weighted by Gasteiger charge is 2.26. The van der Waals surface area contributed by atoms with Crippen LogP contribution in [-0.4, -0.2) is 55.8 Å². The first-order valence-corrected chi connectivity index (χ1v) is 14.7. The van der Waals surface area contributed by atoms with Crippen molar-refractivity contribution in [3.63, 3.8) is 0 Å². The van der Waals surface area contributed by atoms with Crippen LogP contribution in [0.5, 0.6) is 0 Å². The molecule has 4 aromatic rings. The van der Waals surface area contributed by atoms with Crippen molar-refractivity contribution in [3.05, 3.63) is 70.2 Å². The van der Waals surface area contributed by atoms with Crippen molar-refractivity contribution >= 4 is 17.0 Å². The first-order valence-electron chi connectivity index (χ1n) is 14.7. The van der Waals surface area contributed by atoms with Gasteiger partial charge in [-0.2, -0.15) is 0 Å². The number of esters is 1. The zero-order valence-corrected chi connectivity index (χ0v) is 23.5. The highest BCUT2D eigenvalue weighted by molar-refractivity contribution is 5.81. The molecule has 10 nitrogen and oxygen atoms in total. The van der Waals surface area contributed by atoms with Crippen LogP contribution in [0.2, 0.25) is 0 Å². The van der Waals surface area contributed by atoms with Crippen LogP contribution in [0.3, 0.4) is 0 Å². The molecule has 1 unspecified atom stereocenters. The van der Waals surface area contributed by atoms with E-state index in [1.807, 2.05) is 13.0 Å². The SMILES string of the molecule is Cc1cc(-c2nc3cc(CNC(Cc4cnc[nH]4)C(=O)OC4CCCC4)ccc3n2CC2CCOCC2)c[nH]c1=O. The zero-order chi connectivity index (χ0) is 28.2. The van der Waals surface area contributed by atoms with E-state index in [2.05, 4.69) is 43.0 Å². The van der Waals surface area contributed by atoms with E-state index in [1.165, 1.54) is 0 Å². The molecule has 1 aliphatic heterocycles. The summed E-state index contributed by atoms with van der Waals surface area (Å²) in [5.74, 6) is 1.12. The second kappa shape index (κ2) is 12.4. The maximum Gasteiger partial charge on any atom is 0.323 e. The molecular formula is C31H38N6O4. The monoisotopic (exact) mass is 558 g/mol. The van der Waals surface area contributed by atoms with E-state index in [1.54, 1.807) is 18.7 Å². The summed E-state index contributed by atoms with van der Waals surface area (Å²) in [5.41, 5.74) is 5.30. The fraction of sp³-hybridized carbons (Fsp3) is 0.484. The first kappa shape index (κ1) is 27.4. The standard InChI is InChI=1S/C31H38N6O4/c1-20-12-23(16-34-30(20)38)29-36-26-13-22(6-7-28(26)37(29)18-21-8-10-40-11-9-21)15-33-27(14-24-17-32-19-35-24)31(39)41-25-4-2-3-5-25/h6-7,12-13,16-17,19,21,25,27,33H,2-5,8-11,14-15,18H2,1H3,(H,32,35)(H,34,38). The summed E-state index contributed by atoms with van der Waals surface area (Å²) in [5, 5.41) is 3.43. The van der Waals surface area contributed by atoms with Crippen LogP contribution in [0.25, 0.3) is 22.4 Å². The molecule has 2 aliphatic rings. The predicted molar refractivity (Wildman–Crippen MR) is 155 cm³/mol. The molecule has 10 heteroatoms. The summed E-state index contributed by atoms with van der Waals surface area (Å²) in [6, 6.07) is 7.70. The van der Waals surface area contributed by atoms with Gasteiger partial charge in [-0.1, -0.05) is 6.07 Å². The molecule has 6 rings (SSSR count). The van der Waals surface area contributed by atoms with E-state index in [-0.39, 0.29) is 17.6 Å². The van der Waals surface area contributed by atoms with Gasteiger partial charge in [-0.3, -0.25) is 14.9 Å². The molecule has 0 amide bonds. The number of aryl methyl sites for hydroxylation is 1. The molecule has 0 radical (unpaired) electrons. The van der Waals surface area contributed by atoms with Crippen molar-refractivity contribution in [1.29, 1.82) is 0 Å². The first-order chi connectivity index (χ1) is 20.0. The Hall–Kier alpha value is -3.76. The van der Waals surface area contributed by atoms with Crippen LogP contribution >= 0.6 is 0 Å². The lowest BCUT2D eigenvalue weighted by Crippen LogP contribution is -2.40. The van der Waals surface area contributed by atoms with Crippen LogP contribution in [0, 0.1) is 12.8 Å². The molecule has 1 aromatic carbocycles. The minimum absolute atomic E-state index is 0.0135. The van der Waals surface area contributed by atoms with Crippen molar-refractivity contribution in [2.45, 2.75) is 77.1 Å². The molecule has 0 bridgehead atoms. The number of carbonyl (C=O) groups excluding carboxylic acids is 1. The number of carbonyl (C=O) groups is 1. The lowest BCUT2D eigenvalue weighted by atomic mass is 10.00. The Morgan fingerprint density at radius 1 is 1.17 bits per heavy atom. The number of imidazole rings is 2. The van der Waals surface area contributed by atoms with E-state index in [0.717, 1.165) is 92.0 Å². The maximum absolute atomic E-state index is 13.1. The predicted octanol–water partition coefficient (Wildman–Crippen LogP) is 4.04. The van der Waals surface area contributed by atoms with E-state index in [0.29, 0.717) is 24.4 Å². The Bertz CT molecular complexity index is 1530. The minimum atomic E-state index is -0.488. The second-order valence-corrected chi connectivity index (χ2v) is 11.4. The van der Waals surface area contributed by atoms with Crippen molar-refractivity contribution < 1.29 is 14.3 Å². The summed E-state index contributed by atoms with van der Waals surface area (Å²) in [4.78, 5) is 40.3.